The third kappa shape index (κ3) is 2.89. The molecule has 0 atom stereocenters. The molecule has 0 aliphatic heterocycles. The minimum absolute atomic E-state index is 0.154. The number of aliphatic hydroxyl groups excluding tert-OH is 1. The highest BCUT2D eigenvalue weighted by atomic mass is 16.5. The first-order valence-corrected chi connectivity index (χ1v) is 4.30. The van der Waals surface area contributed by atoms with Crippen molar-refractivity contribution < 1.29 is 15.0 Å². The van der Waals surface area contributed by atoms with Gasteiger partial charge in [0.25, 0.3) is 0 Å². The second-order valence-electron chi connectivity index (χ2n) is 3.29. The Morgan fingerprint density at radius 3 is 2.25 bits per heavy atom. The predicted molar refractivity (Wildman–Crippen MR) is 43.2 cm³/mol. The smallest absolute Gasteiger partial charge is 0.211 e. The van der Waals surface area contributed by atoms with E-state index in [-0.39, 0.29) is 12.0 Å². The monoisotopic (exact) mass is 173 g/mol. The number of hydrogen-bond donors (Lipinski definition) is 3. The van der Waals surface area contributed by atoms with Gasteiger partial charge in [0, 0.05) is 12.0 Å². The van der Waals surface area contributed by atoms with Crippen LogP contribution in [0.15, 0.2) is 0 Å². The van der Waals surface area contributed by atoms with E-state index in [1.54, 1.807) is 0 Å². The zero-order chi connectivity index (χ0) is 8.97. The summed E-state index contributed by atoms with van der Waals surface area (Å²) in [6.07, 6.45) is 2.97. The van der Waals surface area contributed by atoms with Crippen molar-refractivity contribution in [3.8, 4) is 0 Å². The molecule has 3 N–H and O–H groups in total. The molecule has 1 rings (SSSR count). The molecule has 1 saturated carbocycles. The average molecular weight is 173 g/mol. The highest BCUT2D eigenvalue weighted by Gasteiger charge is 2.21. The van der Waals surface area contributed by atoms with Crippen molar-refractivity contribution >= 4 is 6.29 Å². The van der Waals surface area contributed by atoms with Crippen LogP contribution in [-0.2, 0) is 4.79 Å². The van der Waals surface area contributed by atoms with E-state index in [9.17, 15) is 4.79 Å². The van der Waals surface area contributed by atoms with Crippen molar-refractivity contribution in [2.24, 2.45) is 5.92 Å². The summed E-state index contributed by atoms with van der Waals surface area (Å²) in [7, 11) is 0. The zero-order valence-corrected chi connectivity index (χ0v) is 6.94. The molecule has 0 amide bonds. The SMILES string of the molecule is O=CC1CCC(NC(O)O)CC1. The van der Waals surface area contributed by atoms with Crippen LogP contribution in [0.4, 0.5) is 0 Å². The summed E-state index contributed by atoms with van der Waals surface area (Å²) in [6, 6.07) is 0.154. The van der Waals surface area contributed by atoms with Gasteiger partial charge in [-0.2, -0.15) is 0 Å². The van der Waals surface area contributed by atoms with Gasteiger partial charge in [0.15, 0.2) is 0 Å². The second-order valence-corrected chi connectivity index (χ2v) is 3.29. The molecule has 4 heteroatoms. The molecule has 0 spiro atoms. The quantitative estimate of drug-likeness (QED) is 0.401. The summed E-state index contributed by atoms with van der Waals surface area (Å²) >= 11 is 0. The molecule has 12 heavy (non-hydrogen) atoms. The van der Waals surface area contributed by atoms with Crippen LogP contribution in [0.1, 0.15) is 25.7 Å². The summed E-state index contributed by atoms with van der Waals surface area (Å²) < 4.78 is 0. The van der Waals surface area contributed by atoms with Gasteiger partial charge >= 0.3 is 0 Å². The first-order valence-electron chi connectivity index (χ1n) is 4.30. The van der Waals surface area contributed by atoms with E-state index in [1.165, 1.54) is 0 Å². The lowest BCUT2D eigenvalue weighted by Gasteiger charge is -2.26. The lowest BCUT2D eigenvalue weighted by molar-refractivity contribution is -0.112. The summed E-state index contributed by atoms with van der Waals surface area (Å²) in [5.74, 6) is 0.180. The van der Waals surface area contributed by atoms with Crippen LogP contribution in [0.3, 0.4) is 0 Å². The van der Waals surface area contributed by atoms with Gasteiger partial charge in [-0.1, -0.05) is 0 Å². The summed E-state index contributed by atoms with van der Waals surface area (Å²) in [6.45, 7) is 0. The molecule has 0 heterocycles. The Morgan fingerprint density at radius 2 is 1.83 bits per heavy atom. The number of aldehydes is 1. The van der Waals surface area contributed by atoms with Crippen LogP contribution in [0.5, 0.6) is 0 Å². The van der Waals surface area contributed by atoms with Crippen LogP contribution >= 0.6 is 0 Å². The Morgan fingerprint density at radius 1 is 1.25 bits per heavy atom. The van der Waals surface area contributed by atoms with Crippen LogP contribution in [0, 0.1) is 5.92 Å². The third-order valence-corrected chi connectivity index (χ3v) is 2.35. The molecule has 0 aromatic carbocycles. The number of carbonyl (C=O) groups excluding carboxylic acids is 1. The Kier molecular flexibility index (Phi) is 3.65. The van der Waals surface area contributed by atoms with Crippen molar-refractivity contribution in [3.05, 3.63) is 0 Å². The maximum absolute atomic E-state index is 10.4. The molecule has 0 aromatic heterocycles. The van der Waals surface area contributed by atoms with Gasteiger partial charge in [-0.05, 0) is 25.7 Å². The molecule has 4 nitrogen and oxygen atoms in total. The summed E-state index contributed by atoms with van der Waals surface area (Å²) in [4.78, 5) is 10.4. The molecular weight excluding hydrogens is 158 g/mol. The van der Waals surface area contributed by atoms with Crippen molar-refractivity contribution in [1.82, 2.24) is 5.32 Å². The van der Waals surface area contributed by atoms with Gasteiger partial charge in [0.05, 0.1) is 0 Å². The normalized spacial score (nSPS) is 30.6. The molecule has 0 saturated heterocycles. The standard InChI is InChI=1S/C8H15NO3/c10-5-6-1-3-7(4-2-6)9-8(11)12/h5-9,11-12H,1-4H2. The Hall–Kier alpha value is -0.450. The van der Waals surface area contributed by atoms with Gasteiger partial charge in [-0.15, -0.1) is 0 Å². The Bertz CT molecular complexity index is 141. The molecule has 70 valence electrons. The number of hydrogen-bond acceptors (Lipinski definition) is 4. The molecule has 0 radical (unpaired) electrons. The topological polar surface area (TPSA) is 69.6 Å². The molecule has 0 unspecified atom stereocenters. The van der Waals surface area contributed by atoms with E-state index in [4.69, 9.17) is 10.2 Å². The minimum Gasteiger partial charge on any atom is -0.356 e. The van der Waals surface area contributed by atoms with Crippen LogP contribution < -0.4 is 5.32 Å². The van der Waals surface area contributed by atoms with E-state index >= 15 is 0 Å². The minimum atomic E-state index is -1.43. The fourth-order valence-corrected chi connectivity index (χ4v) is 1.63. The first-order chi connectivity index (χ1) is 5.72. The fourth-order valence-electron chi connectivity index (χ4n) is 1.63. The van der Waals surface area contributed by atoms with Crippen molar-refractivity contribution in [2.75, 3.05) is 0 Å². The molecule has 1 aliphatic rings. The molecule has 0 aromatic rings. The summed E-state index contributed by atoms with van der Waals surface area (Å²) in [5, 5.41) is 19.8. The van der Waals surface area contributed by atoms with Crippen molar-refractivity contribution in [3.63, 3.8) is 0 Å². The van der Waals surface area contributed by atoms with Crippen LogP contribution in [0.25, 0.3) is 0 Å². The Balaban J connectivity index is 2.21. The van der Waals surface area contributed by atoms with Gasteiger partial charge in [0.2, 0.25) is 6.41 Å². The largest absolute Gasteiger partial charge is 0.356 e. The molecular formula is C8H15NO3. The molecule has 1 fully saturated rings. The average Bonchev–Trinajstić information content (AvgIpc) is 2.05. The number of carbonyl (C=O) groups is 1. The predicted octanol–water partition coefficient (Wildman–Crippen LogP) is -0.398. The molecule has 0 bridgehead atoms. The third-order valence-electron chi connectivity index (χ3n) is 2.35. The number of rotatable bonds is 3. The zero-order valence-electron chi connectivity index (χ0n) is 6.94. The Labute approximate surface area is 71.6 Å². The van der Waals surface area contributed by atoms with Crippen LogP contribution in [0.2, 0.25) is 0 Å². The summed E-state index contributed by atoms with van der Waals surface area (Å²) in [5.41, 5.74) is 0. The number of aliphatic hydroxyl groups is 2. The van der Waals surface area contributed by atoms with Gasteiger partial charge in [0.1, 0.15) is 6.29 Å². The number of nitrogens with one attached hydrogen (secondary N) is 1. The van der Waals surface area contributed by atoms with Crippen molar-refractivity contribution in [1.29, 1.82) is 0 Å². The van der Waals surface area contributed by atoms with Gasteiger partial charge < -0.3 is 15.0 Å². The van der Waals surface area contributed by atoms with E-state index in [0.29, 0.717) is 0 Å². The molecule has 1 aliphatic carbocycles. The maximum Gasteiger partial charge on any atom is 0.211 e. The van der Waals surface area contributed by atoms with E-state index in [1.807, 2.05) is 0 Å². The van der Waals surface area contributed by atoms with Gasteiger partial charge in [-0.25, -0.2) is 0 Å². The van der Waals surface area contributed by atoms with E-state index in [0.717, 1.165) is 32.0 Å². The maximum atomic E-state index is 10.4. The first kappa shape index (κ1) is 9.64. The lowest BCUT2D eigenvalue weighted by atomic mass is 9.87. The van der Waals surface area contributed by atoms with Crippen molar-refractivity contribution in [2.45, 2.75) is 38.1 Å². The lowest BCUT2D eigenvalue weighted by Crippen LogP contribution is -2.40. The van der Waals surface area contributed by atoms with Gasteiger partial charge in [-0.3, -0.25) is 5.32 Å². The van der Waals surface area contributed by atoms with E-state index < -0.39 is 6.41 Å². The van der Waals surface area contributed by atoms with Crippen LogP contribution in [-0.4, -0.2) is 29.0 Å². The second kappa shape index (κ2) is 4.54. The fraction of sp³-hybridized carbons (Fsp3) is 0.875. The van der Waals surface area contributed by atoms with E-state index in [2.05, 4.69) is 5.32 Å². The highest BCUT2D eigenvalue weighted by molar-refractivity contribution is 5.53. The highest BCUT2D eigenvalue weighted by Crippen LogP contribution is 2.22.